The third-order valence-electron chi connectivity index (χ3n) is 5.20. The maximum Gasteiger partial charge on any atom is 0.514 e. The van der Waals surface area contributed by atoms with Crippen molar-refractivity contribution in [3.05, 3.63) is 11.8 Å². The lowest BCUT2D eigenvalue weighted by atomic mass is 9.83. The lowest BCUT2D eigenvalue weighted by molar-refractivity contribution is 0.00578. The van der Waals surface area contributed by atoms with Crippen LogP contribution in [0.4, 0.5) is 0 Å². The molecule has 4 nitrogen and oxygen atoms in total. The standard InChI is InChI=1S/C15H25BN2O2/c1-14(2)15(3,4)20-16(19-14)13-10-12(17-18(13)5)11-8-6-7-9-11/h10-11H,6-9H2,1-5H3. The van der Waals surface area contributed by atoms with E-state index in [0.29, 0.717) is 5.92 Å². The van der Waals surface area contributed by atoms with Crippen molar-refractivity contribution in [3.8, 4) is 0 Å². The molecule has 20 heavy (non-hydrogen) atoms. The summed E-state index contributed by atoms with van der Waals surface area (Å²) in [6.07, 6.45) is 5.18. The van der Waals surface area contributed by atoms with Crippen molar-refractivity contribution in [2.45, 2.75) is 70.5 Å². The molecule has 1 aliphatic heterocycles. The van der Waals surface area contributed by atoms with E-state index in [9.17, 15) is 0 Å². The quantitative estimate of drug-likeness (QED) is 0.778. The topological polar surface area (TPSA) is 36.3 Å². The van der Waals surface area contributed by atoms with E-state index in [2.05, 4.69) is 38.9 Å². The molecule has 0 aromatic carbocycles. The van der Waals surface area contributed by atoms with Gasteiger partial charge in [-0.25, -0.2) is 0 Å². The van der Waals surface area contributed by atoms with Crippen LogP contribution in [0.1, 0.15) is 65.0 Å². The zero-order chi connectivity index (χ0) is 14.5. The van der Waals surface area contributed by atoms with Crippen molar-refractivity contribution in [3.63, 3.8) is 0 Å². The number of nitrogens with zero attached hydrogens (tertiary/aromatic N) is 2. The fraction of sp³-hybridized carbons (Fsp3) is 0.800. The van der Waals surface area contributed by atoms with Gasteiger partial charge < -0.3 is 9.31 Å². The van der Waals surface area contributed by atoms with Gasteiger partial charge in [-0.1, -0.05) is 12.8 Å². The van der Waals surface area contributed by atoms with Crippen molar-refractivity contribution < 1.29 is 9.31 Å². The summed E-state index contributed by atoms with van der Waals surface area (Å²) in [6, 6.07) is 2.18. The normalized spacial score (nSPS) is 25.6. The van der Waals surface area contributed by atoms with Crippen LogP contribution in [-0.4, -0.2) is 28.1 Å². The molecule has 1 aromatic rings. The summed E-state index contributed by atoms with van der Waals surface area (Å²) in [7, 11) is 1.67. The van der Waals surface area contributed by atoms with Gasteiger partial charge >= 0.3 is 7.12 Å². The second kappa shape index (κ2) is 4.60. The summed E-state index contributed by atoms with van der Waals surface area (Å²) >= 11 is 0. The van der Waals surface area contributed by atoms with E-state index in [0.717, 1.165) is 5.59 Å². The number of aryl methyl sites for hydroxylation is 1. The molecule has 1 saturated heterocycles. The van der Waals surface area contributed by atoms with Crippen molar-refractivity contribution in [1.82, 2.24) is 9.78 Å². The van der Waals surface area contributed by atoms with Crippen LogP contribution in [0.25, 0.3) is 0 Å². The maximum absolute atomic E-state index is 6.12. The highest BCUT2D eigenvalue weighted by molar-refractivity contribution is 6.61. The van der Waals surface area contributed by atoms with Gasteiger partial charge in [-0.3, -0.25) is 4.68 Å². The predicted molar refractivity (Wildman–Crippen MR) is 80.1 cm³/mol. The summed E-state index contributed by atoms with van der Waals surface area (Å²) in [5.74, 6) is 0.623. The fourth-order valence-electron chi connectivity index (χ4n) is 3.11. The number of rotatable bonds is 2. The molecule has 0 atom stereocenters. The minimum Gasteiger partial charge on any atom is -0.398 e. The molecule has 1 aromatic heterocycles. The van der Waals surface area contributed by atoms with E-state index in [1.165, 1.54) is 31.4 Å². The van der Waals surface area contributed by atoms with E-state index in [4.69, 9.17) is 9.31 Å². The largest absolute Gasteiger partial charge is 0.514 e. The van der Waals surface area contributed by atoms with Crippen LogP contribution in [0.15, 0.2) is 6.07 Å². The molecule has 0 N–H and O–H groups in total. The van der Waals surface area contributed by atoms with Gasteiger partial charge in [0.15, 0.2) is 0 Å². The molecule has 0 radical (unpaired) electrons. The highest BCUT2D eigenvalue weighted by atomic mass is 16.7. The highest BCUT2D eigenvalue weighted by Crippen LogP contribution is 2.37. The van der Waals surface area contributed by atoms with Crippen molar-refractivity contribution in [1.29, 1.82) is 0 Å². The van der Waals surface area contributed by atoms with E-state index >= 15 is 0 Å². The molecule has 110 valence electrons. The first-order valence-corrected chi connectivity index (χ1v) is 7.70. The zero-order valence-electron chi connectivity index (χ0n) is 13.3. The Balaban J connectivity index is 1.85. The molecule has 1 saturated carbocycles. The molecule has 0 amide bonds. The Hall–Kier alpha value is -0.805. The molecule has 0 bridgehead atoms. The third-order valence-corrected chi connectivity index (χ3v) is 5.20. The Morgan fingerprint density at radius 3 is 2.25 bits per heavy atom. The van der Waals surface area contributed by atoms with Crippen LogP contribution >= 0.6 is 0 Å². The highest BCUT2D eigenvalue weighted by Gasteiger charge is 2.52. The van der Waals surface area contributed by atoms with Gasteiger partial charge in [-0.15, -0.1) is 0 Å². The number of hydrogen-bond acceptors (Lipinski definition) is 3. The van der Waals surface area contributed by atoms with E-state index < -0.39 is 0 Å². The van der Waals surface area contributed by atoms with Gasteiger partial charge in [-0.05, 0) is 46.6 Å². The molecular weight excluding hydrogens is 251 g/mol. The SMILES string of the molecule is Cn1nc(C2CCCC2)cc1B1OC(C)(C)C(C)(C)O1. The average molecular weight is 276 g/mol. The second-order valence-corrected chi connectivity index (χ2v) is 7.19. The van der Waals surface area contributed by atoms with Gasteiger partial charge in [0.25, 0.3) is 0 Å². The van der Waals surface area contributed by atoms with Gasteiger partial charge in [0, 0.05) is 13.0 Å². The number of aromatic nitrogens is 2. The summed E-state index contributed by atoms with van der Waals surface area (Å²) in [6.45, 7) is 8.34. The van der Waals surface area contributed by atoms with Crippen LogP contribution in [0, 0.1) is 0 Å². The average Bonchev–Trinajstić information content (AvgIpc) is 2.98. The zero-order valence-corrected chi connectivity index (χ0v) is 13.3. The summed E-state index contributed by atoms with van der Waals surface area (Å²) in [5, 5.41) is 4.69. The molecule has 2 fully saturated rings. The van der Waals surface area contributed by atoms with E-state index in [1.807, 2.05) is 11.7 Å². The number of hydrogen-bond donors (Lipinski definition) is 0. The van der Waals surface area contributed by atoms with Crippen molar-refractivity contribution in [2.75, 3.05) is 0 Å². The minimum atomic E-state index is -0.312. The Bertz CT molecular complexity index is 488. The fourth-order valence-corrected chi connectivity index (χ4v) is 3.11. The second-order valence-electron chi connectivity index (χ2n) is 7.19. The Labute approximate surface area is 122 Å². The lowest BCUT2D eigenvalue weighted by Gasteiger charge is -2.32. The van der Waals surface area contributed by atoms with Crippen molar-refractivity contribution >= 4 is 12.7 Å². The molecule has 1 aliphatic carbocycles. The molecule has 0 spiro atoms. The van der Waals surface area contributed by atoms with Gasteiger partial charge in [0.05, 0.1) is 22.5 Å². The smallest absolute Gasteiger partial charge is 0.398 e. The minimum absolute atomic E-state index is 0.296. The van der Waals surface area contributed by atoms with Gasteiger partial charge in [-0.2, -0.15) is 5.10 Å². The Morgan fingerprint density at radius 1 is 1.15 bits per heavy atom. The predicted octanol–water partition coefficient (Wildman–Crippen LogP) is 2.38. The van der Waals surface area contributed by atoms with Crippen LogP contribution in [0.2, 0.25) is 0 Å². The summed E-state index contributed by atoms with van der Waals surface area (Å²) in [5.41, 5.74) is 1.64. The van der Waals surface area contributed by atoms with E-state index in [1.54, 1.807) is 0 Å². The third kappa shape index (κ3) is 2.21. The first-order valence-electron chi connectivity index (χ1n) is 7.70. The molecule has 5 heteroatoms. The Kier molecular flexibility index (Phi) is 3.25. The molecular formula is C15H25BN2O2. The van der Waals surface area contributed by atoms with Crippen molar-refractivity contribution in [2.24, 2.45) is 7.05 Å². The van der Waals surface area contributed by atoms with E-state index in [-0.39, 0.29) is 18.3 Å². The molecule has 2 heterocycles. The Morgan fingerprint density at radius 2 is 1.70 bits per heavy atom. The molecule has 2 aliphatic rings. The van der Waals surface area contributed by atoms with Gasteiger partial charge in [0.2, 0.25) is 0 Å². The van der Waals surface area contributed by atoms with Crippen LogP contribution < -0.4 is 5.59 Å². The first-order chi connectivity index (χ1) is 9.30. The summed E-state index contributed by atoms with van der Waals surface area (Å²) < 4.78 is 14.2. The lowest BCUT2D eigenvalue weighted by Crippen LogP contribution is -2.41. The molecule has 0 unspecified atom stereocenters. The van der Waals surface area contributed by atoms with Crippen LogP contribution in [0.5, 0.6) is 0 Å². The maximum atomic E-state index is 6.12. The summed E-state index contributed by atoms with van der Waals surface area (Å²) in [4.78, 5) is 0. The van der Waals surface area contributed by atoms with Crippen LogP contribution in [0.3, 0.4) is 0 Å². The van der Waals surface area contributed by atoms with Crippen LogP contribution in [-0.2, 0) is 16.4 Å². The first kappa shape index (κ1) is 14.1. The molecule has 3 rings (SSSR count). The monoisotopic (exact) mass is 276 g/mol. The van der Waals surface area contributed by atoms with Gasteiger partial charge in [0.1, 0.15) is 0 Å².